The number of rotatable bonds is 2. The van der Waals surface area contributed by atoms with Crippen molar-refractivity contribution >= 4 is 5.78 Å². The number of carbonyl (C=O) groups is 1. The predicted molar refractivity (Wildman–Crippen MR) is 54.4 cm³/mol. The molecule has 3 nitrogen and oxygen atoms in total. The first kappa shape index (κ1) is 13.3. The fourth-order valence-electron chi connectivity index (χ4n) is 1.38. The maximum Gasteiger partial charge on any atom is 0.454 e. The van der Waals surface area contributed by atoms with Crippen LogP contribution in [0.5, 0.6) is 0 Å². The summed E-state index contributed by atoms with van der Waals surface area (Å²) in [6.45, 7) is 3.51. The maximum absolute atomic E-state index is 12.3. The Kier molecular flexibility index (Phi) is 3.61. The first-order valence-corrected chi connectivity index (χ1v) is 4.96. The van der Waals surface area contributed by atoms with Crippen LogP contribution in [0.2, 0.25) is 0 Å². The summed E-state index contributed by atoms with van der Waals surface area (Å²) in [6, 6.07) is 1.67. The van der Waals surface area contributed by atoms with Gasteiger partial charge in [0.25, 0.3) is 5.78 Å². The van der Waals surface area contributed by atoms with Crippen molar-refractivity contribution in [2.24, 2.45) is 0 Å². The second-order valence-electron chi connectivity index (χ2n) is 3.97. The fourth-order valence-corrected chi connectivity index (χ4v) is 1.38. The number of Topliss-reactive ketones (excluding diaryl/α,β-unsaturated/α-hetero) is 1. The van der Waals surface area contributed by atoms with Crippen molar-refractivity contribution in [3.8, 4) is 6.07 Å². The molecule has 0 unspecified atom stereocenters. The molecule has 0 saturated heterocycles. The smallest absolute Gasteiger partial charge is 0.350 e. The standard InChI is InChI=1S/C11H11F3N2O/c1-7(2)16-5-8(4-15)3-9(6-16)10(17)11(12,13)14/h5-7H,3H2,1-2H3. The van der Waals surface area contributed by atoms with Crippen molar-refractivity contribution in [2.75, 3.05) is 0 Å². The number of allylic oxidation sites excluding steroid dienone is 2. The first-order valence-electron chi connectivity index (χ1n) is 4.96. The van der Waals surface area contributed by atoms with E-state index in [9.17, 15) is 18.0 Å². The number of carbonyl (C=O) groups excluding carboxylic acids is 1. The summed E-state index contributed by atoms with van der Waals surface area (Å²) in [5.41, 5.74) is -0.251. The second-order valence-corrected chi connectivity index (χ2v) is 3.97. The zero-order valence-corrected chi connectivity index (χ0v) is 9.38. The van der Waals surface area contributed by atoms with Crippen LogP contribution in [0.4, 0.5) is 13.2 Å². The van der Waals surface area contributed by atoms with E-state index < -0.39 is 17.5 Å². The number of hydrogen-bond acceptors (Lipinski definition) is 3. The number of halogens is 3. The minimum absolute atomic E-state index is 0.116. The fraction of sp³-hybridized carbons (Fsp3) is 0.455. The van der Waals surface area contributed by atoms with Crippen LogP contribution in [0, 0.1) is 11.3 Å². The molecule has 1 aliphatic rings. The Morgan fingerprint density at radius 1 is 1.47 bits per heavy atom. The molecule has 1 heterocycles. The molecule has 1 aliphatic heterocycles. The van der Waals surface area contributed by atoms with Gasteiger partial charge in [0.2, 0.25) is 0 Å². The van der Waals surface area contributed by atoms with Crippen molar-refractivity contribution < 1.29 is 18.0 Å². The van der Waals surface area contributed by atoms with E-state index in [1.807, 2.05) is 0 Å². The van der Waals surface area contributed by atoms with E-state index in [0.717, 1.165) is 6.20 Å². The van der Waals surface area contributed by atoms with Crippen LogP contribution in [0.3, 0.4) is 0 Å². The summed E-state index contributed by atoms with van der Waals surface area (Å²) in [7, 11) is 0. The van der Waals surface area contributed by atoms with Crippen molar-refractivity contribution in [2.45, 2.75) is 32.5 Å². The van der Waals surface area contributed by atoms with Crippen LogP contribution in [0.25, 0.3) is 0 Å². The predicted octanol–water partition coefficient (Wildman–Crippen LogP) is 2.52. The quantitative estimate of drug-likeness (QED) is 0.749. The Labute approximate surface area is 96.8 Å². The third-order valence-corrected chi connectivity index (χ3v) is 2.28. The summed E-state index contributed by atoms with van der Waals surface area (Å²) >= 11 is 0. The molecule has 6 heteroatoms. The Balaban J connectivity index is 3.03. The average Bonchev–Trinajstić information content (AvgIpc) is 2.26. The highest BCUT2D eigenvalue weighted by Gasteiger charge is 2.41. The summed E-state index contributed by atoms with van der Waals surface area (Å²) in [5, 5.41) is 8.73. The molecule has 0 aromatic rings. The highest BCUT2D eigenvalue weighted by atomic mass is 19.4. The second kappa shape index (κ2) is 4.62. The van der Waals surface area contributed by atoms with Gasteiger partial charge in [0.1, 0.15) is 0 Å². The van der Waals surface area contributed by atoms with Crippen molar-refractivity contribution in [3.05, 3.63) is 23.5 Å². The number of ketones is 1. The van der Waals surface area contributed by atoms with Gasteiger partial charge in [-0.2, -0.15) is 18.4 Å². The van der Waals surface area contributed by atoms with E-state index in [0.29, 0.717) is 0 Å². The van der Waals surface area contributed by atoms with Crippen molar-refractivity contribution in [1.82, 2.24) is 4.90 Å². The lowest BCUT2D eigenvalue weighted by Gasteiger charge is -2.26. The van der Waals surface area contributed by atoms with E-state index >= 15 is 0 Å². The van der Waals surface area contributed by atoms with Crippen LogP contribution in [0.1, 0.15) is 20.3 Å². The van der Waals surface area contributed by atoms with Crippen molar-refractivity contribution in [1.29, 1.82) is 5.26 Å². The maximum atomic E-state index is 12.3. The molecule has 0 atom stereocenters. The molecule has 0 aliphatic carbocycles. The molecule has 0 saturated carbocycles. The highest BCUT2D eigenvalue weighted by Crippen LogP contribution is 2.28. The number of alkyl halides is 3. The van der Waals surface area contributed by atoms with Gasteiger partial charge in [0.15, 0.2) is 0 Å². The topological polar surface area (TPSA) is 44.1 Å². The molecule has 0 aromatic carbocycles. The van der Waals surface area contributed by atoms with Gasteiger partial charge in [0.05, 0.1) is 11.6 Å². The molecular weight excluding hydrogens is 233 g/mol. The van der Waals surface area contributed by atoms with Crippen molar-refractivity contribution in [3.63, 3.8) is 0 Å². The molecule has 0 bridgehead atoms. The zero-order chi connectivity index (χ0) is 13.2. The molecule has 0 spiro atoms. The van der Waals surface area contributed by atoms with Gasteiger partial charge in [-0.25, -0.2) is 0 Å². The van der Waals surface area contributed by atoms with Gasteiger partial charge >= 0.3 is 6.18 Å². The molecule has 1 rings (SSSR count). The molecule has 0 radical (unpaired) electrons. The molecular formula is C11H11F3N2O. The molecule has 0 fully saturated rings. The lowest BCUT2D eigenvalue weighted by molar-refractivity contribution is -0.166. The van der Waals surface area contributed by atoms with Gasteiger partial charge in [-0.1, -0.05) is 0 Å². The van der Waals surface area contributed by atoms with Crippen LogP contribution in [0.15, 0.2) is 23.5 Å². The third kappa shape index (κ3) is 3.09. The lowest BCUT2D eigenvalue weighted by atomic mass is 10.0. The number of nitriles is 1. The summed E-state index contributed by atoms with van der Waals surface area (Å²) in [5.74, 6) is -1.89. The summed E-state index contributed by atoms with van der Waals surface area (Å²) in [6.07, 6.45) is -2.55. The van der Waals surface area contributed by atoms with E-state index in [1.165, 1.54) is 11.1 Å². The molecule has 17 heavy (non-hydrogen) atoms. The van der Waals surface area contributed by atoms with Crippen LogP contribution < -0.4 is 0 Å². The van der Waals surface area contributed by atoms with Crippen LogP contribution in [-0.4, -0.2) is 22.9 Å². The Morgan fingerprint density at radius 3 is 2.47 bits per heavy atom. The Bertz CT molecular complexity index is 427. The van der Waals surface area contributed by atoms with E-state index in [1.54, 1.807) is 19.9 Å². The first-order chi connectivity index (χ1) is 7.75. The van der Waals surface area contributed by atoms with Gasteiger partial charge in [-0.05, 0) is 13.8 Å². The summed E-state index contributed by atoms with van der Waals surface area (Å²) < 4.78 is 36.8. The number of nitrogens with zero attached hydrogens (tertiary/aromatic N) is 2. The third-order valence-electron chi connectivity index (χ3n) is 2.28. The zero-order valence-electron chi connectivity index (χ0n) is 9.38. The highest BCUT2D eigenvalue weighted by molar-refractivity contribution is 6.00. The monoisotopic (exact) mass is 244 g/mol. The largest absolute Gasteiger partial charge is 0.454 e. The summed E-state index contributed by atoms with van der Waals surface area (Å²) in [4.78, 5) is 12.5. The van der Waals surface area contributed by atoms with Gasteiger partial charge in [0, 0.05) is 30.4 Å². The SMILES string of the molecule is CC(C)N1C=C(C#N)CC(C(=O)C(F)(F)F)=C1. The number of hydrogen-bond donors (Lipinski definition) is 0. The average molecular weight is 244 g/mol. The van der Waals surface area contributed by atoms with Gasteiger partial charge in [-0.3, -0.25) is 4.79 Å². The Morgan fingerprint density at radius 2 is 2.06 bits per heavy atom. The van der Waals surface area contributed by atoms with Crippen LogP contribution >= 0.6 is 0 Å². The normalized spacial score (nSPS) is 16.4. The molecule has 0 aromatic heterocycles. The minimum atomic E-state index is -4.90. The van der Waals surface area contributed by atoms with Gasteiger partial charge < -0.3 is 4.90 Å². The van der Waals surface area contributed by atoms with E-state index in [2.05, 4.69) is 0 Å². The molecule has 0 amide bonds. The lowest BCUT2D eigenvalue weighted by Crippen LogP contribution is -2.30. The van der Waals surface area contributed by atoms with E-state index in [-0.39, 0.29) is 18.0 Å². The Hall–Kier alpha value is -1.77. The molecule has 0 N–H and O–H groups in total. The van der Waals surface area contributed by atoms with Gasteiger partial charge in [-0.15, -0.1) is 0 Å². The minimum Gasteiger partial charge on any atom is -0.350 e. The molecule has 92 valence electrons. The van der Waals surface area contributed by atoms with Crippen LogP contribution in [-0.2, 0) is 4.79 Å². The van der Waals surface area contributed by atoms with E-state index in [4.69, 9.17) is 5.26 Å².